The Bertz CT molecular complexity index is 964. The molecule has 4 rings (SSSR count). The van der Waals surface area contributed by atoms with E-state index in [-0.39, 0.29) is 30.8 Å². The summed E-state index contributed by atoms with van der Waals surface area (Å²) in [6, 6.07) is 9.44. The van der Waals surface area contributed by atoms with Crippen LogP contribution >= 0.6 is 0 Å². The van der Waals surface area contributed by atoms with Crippen molar-refractivity contribution in [1.82, 2.24) is 0 Å². The van der Waals surface area contributed by atoms with Crippen LogP contribution in [0.15, 0.2) is 30.3 Å². The molecule has 1 aliphatic heterocycles. The first-order valence-corrected chi connectivity index (χ1v) is 11.6. The number of benzene rings is 2. The van der Waals surface area contributed by atoms with Gasteiger partial charge >= 0.3 is 0 Å². The molecule has 0 radical (unpaired) electrons. The summed E-state index contributed by atoms with van der Waals surface area (Å²) in [6.45, 7) is 0.384. The molecule has 0 amide bonds. The number of rotatable bonds is 6. The number of aliphatic hydroxyl groups is 3. The molecule has 0 spiro atoms. The number of aliphatic hydroxyl groups excluding tert-OH is 3. The van der Waals surface area contributed by atoms with Gasteiger partial charge in [0.15, 0.2) is 29.3 Å². The van der Waals surface area contributed by atoms with Crippen molar-refractivity contribution in [2.24, 2.45) is 5.92 Å². The third-order valence-corrected chi connectivity index (χ3v) is 6.48. The lowest BCUT2D eigenvalue weighted by molar-refractivity contribution is -0.224. The van der Waals surface area contributed by atoms with Gasteiger partial charge in [0.05, 0.1) is 34.0 Å². The lowest BCUT2D eigenvalue weighted by Gasteiger charge is -2.32. The minimum atomic E-state index is -0.700. The maximum absolute atomic E-state index is 9.88. The Morgan fingerprint density at radius 1 is 0.914 bits per heavy atom. The van der Waals surface area contributed by atoms with E-state index < -0.39 is 18.5 Å². The highest BCUT2D eigenvalue weighted by Crippen LogP contribution is 2.45. The molecule has 194 valence electrons. The number of methoxy groups -OCH3 is 4. The Hall–Kier alpha value is -2.56. The number of aromatic hydroxyl groups is 1. The van der Waals surface area contributed by atoms with E-state index in [4.69, 9.17) is 33.9 Å². The molecule has 9 heteroatoms. The molecule has 1 saturated heterocycles. The predicted molar refractivity (Wildman–Crippen MR) is 128 cm³/mol. The van der Waals surface area contributed by atoms with E-state index in [0.717, 1.165) is 29.5 Å². The molecule has 9 nitrogen and oxygen atoms in total. The van der Waals surface area contributed by atoms with Crippen molar-refractivity contribution in [2.45, 2.75) is 43.7 Å². The fourth-order valence-corrected chi connectivity index (χ4v) is 4.66. The van der Waals surface area contributed by atoms with E-state index >= 15 is 0 Å². The second kappa shape index (κ2) is 12.4. The quantitative estimate of drug-likeness (QED) is 0.480. The molecule has 5 atom stereocenters. The molecule has 2 aliphatic rings. The molecule has 2 aromatic rings. The lowest BCUT2D eigenvalue weighted by atomic mass is 9.74. The van der Waals surface area contributed by atoms with Crippen LogP contribution in [0.25, 0.3) is 0 Å². The van der Waals surface area contributed by atoms with E-state index in [1.807, 2.05) is 24.3 Å². The molecule has 0 bridgehead atoms. The first-order chi connectivity index (χ1) is 16.8. The van der Waals surface area contributed by atoms with Crippen LogP contribution in [-0.4, -0.2) is 80.6 Å². The van der Waals surface area contributed by atoms with Gasteiger partial charge in [-0.15, -0.1) is 0 Å². The van der Waals surface area contributed by atoms with Gasteiger partial charge in [0.1, 0.15) is 6.10 Å². The zero-order valence-corrected chi connectivity index (χ0v) is 20.6. The van der Waals surface area contributed by atoms with E-state index in [1.54, 1.807) is 20.3 Å². The van der Waals surface area contributed by atoms with Crippen LogP contribution in [0.1, 0.15) is 35.4 Å². The number of fused-ring (bicyclic) bond motifs is 1. The molecule has 1 aliphatic carbocycles. The van der Waals surface area contributed by atoms with Crippen LogP contribution in [0, 0.1) is 5.92 Å². The van der Waals surface area contributed by atoms with Crippen molar-refractivity contribution in [2.75, 3.05) is 41.7 Å². The van der Waals surface area contributed by atoms with Gasteiger partial charge in [0, 0.05) is 26.1 Å². The smallest absolute Gasteiger partial charge is 0.183 e. The number of hydrogen-bond donors (Lipinski definition) is 4. The van der Waals surface area contributed by atoms with Gasteiger partial charge in [-0.3, -0.25) is 0 Å². The average molecular weight is 493 g/mol. The van der Waals surface area contributed by atoms with E-state index in [1.165, 1.54) is 14.2 Å². The molecule has 35 heavy (non-hydrogen) atoms. The summed E-state index contributed by atoms with van der Waals surface area (Å²) in [5.74, 6) is 2.23. The topological polar surface area (TPSA) is 127 Å². The second-order valence-corrected chi connectivity index (χ2v) is 8.77. The van der Waals surface area contributed by atoms with Crippen LogP contribution in [0.2, 0.25) is 0 Å². The number of phenols is 1. The van der Waals surface area contributed by atoms with Crippen molar-refractivity contribution in [3.05, 3.63) is 47.0 Å². The number of hydrogen-bond acceptors (Lipinski definition) is 9. The Morgan fingerprint density at radius 2 is 1.60 bits per heavy atom. The van der Waals surface area contributed by atoms with Crippen molar-refractivity contribution < 1.29 is 44.1 Å². The molecule has 4 N–H and O–H groups in total. The monoisotopic (exact) mass is 492 g/mol. The minimum absolute atomic E-state index is 0.0928. The highest BCUT2D eigenvalue weighted by molar-refractivity contribution is 5.53. The zero-order chi connectivity index (χ0) is 25.5. The van der Waals surface area contributed by atoms with Gasteiger partial charge < -0.3 is 44.1 Å². The number of phenolic OH excluding ortho intramolecular Hbond substituents is 1. The van der Waals surface area contributed by atoms with Crippen LogP contribution in [0.5, 0.6) is 23.0 Å². The Kier molecular flexibility index (Phi) is 9.59. The molecule has 0 aromatic heterocycles. The minimum Gasteiger partial charge on any atom is -0.504 e. The highest BCUT2D eigenvalue weighted by atomic mass is 16.7. The van der Waals surface area contributed by atoms with Crippen molar-refractivity contribution in [3.63, 3.8) is 0 Å². The fourth-order valence-electron chi connectivity index (χ4n) is 4.66. The molecule has 0 saturated carbocycles. The van der Waals surface area contributed by atoms with Gasteiger partial charge in [0.2, 0.25) is 0 Å². The third-order valence-electron chi connectivity index (χ3n) is 6.48. The van der Waals surface area contributed by atoms with Crippen LogP contribution in [0.4, 0.5) is 0 Å². The molecular formula is C26H36O9. The molecule has 2 aromatic carbocycles. The van der Waals surface area contributed by atoms with Crippen molar-refractivity contribution in [1.29, 1.82) is 0 Å². The van der Waals surface area contributed by atoms with Gasteiger partial charge in [0.25, 0.3) is 0 Å². The summed E-state index contributed by atoms with van der Waals surface area (Å²) >= 11 is 0. The summed E-state index contributed by atoms with van der Waals surface area (Å²) in [4.78, 5) is 0. The Labute approximate surface area is 205 Å². The summed E-state index contributed by atoms with van der Waals surface area (Å²) in [5, 5.41) is 37.7. The van der Waals surface area contributed by atoms with Crippen LogP contribution < -0.4 is 14.2 Å². The zero-order valence-electron chi connectivity index (χ0n) is 20.6. The van der Waals surface area contributed by atoms with Gasteiger partial charge in [-0.25, -0.2) is 0 Å². The van der Waals surface area contributed by atoms with Crippen LogP contribution in [-0.2, 0) is 15.9 Å². The fraction of sp³-hybridized carbons (Fsp3) is 0.538. The van der Waals surface area contributed by atoms with E-state index in [9.17, 15) is 10.2 Å². The maximum Gasteiger partial charge on any atom is 0.183 e. The predicted octanol–water partition coefficient (Wildman–Crippen LogP) is 2.21. The van der Waals surface area contributed by atoms with Gasteiger partial charge in [-0.05, 0) is 59.7 Å². The molecule has 3 unspecified atom stereocenters. The third kappa shape index (κ3) is 6.36. The average Bonchev–Trinajstić information content (AvgIpc) is 2.87. The largest absolute Gasteiger partial charge is 0.504 e. The first-order valence-electron chi connectivity index (χ1n) is 11.6. The second-order valence-electron chi connectivity index (χ2n) is 8.77. The molecule has 1 heterocycles. The van der Waals surface area contributed by atoms with E-state index in [0.29, 0.717) is 23.7 Å². The normalized spacial score (nSPS) is 25.6. The standard InChI is InChI=1S/C20H24O5.C6H12O4/c1-23-18-8-13(4-5-17(18)22)15-7-12(11-21)6-14-9-19(24-2)20(25-3)10-16(14)15;1-9-6-5(8)2-4(7)3-10-6/h4-5,8-10,12,15,21-22H,6-7,11H2,1-3H3;4-8H,2-3H2,1H3/t12-,15?;4-,5?,6?/m00/s1. The maximum atomic E-state index is 9.88. The molecule has 1 fully saturated rings. The summed E-state index contributed by atoms with van der Waals surface area (Å²) in [7, 11) is 6.25. The highest BCUT2D eigenvalue weighted by Gasteiger charge is 2.30. The van der Waals surface area contributed by atoms with Gasteiger partial charge in [-0.2, -0.15) is 0 Å². The Balaban J connectivity index is 0.000000287. The van der Waals surface area contributed by atoms with Gasteiger partial charge in [-0.1, -0.05) is 6.07 Å². The van der Waals surface area contributed by atoms with Crippen molar-refractivity contribution in [3.8, 4) is 23.0 Å². The summed E-state index contributed by atoms with van der Waals surface area (Å²) in [5.41, 5.74) is 3.36. The van der Waals surface area contributed by atoms with Crippen LogP contribution in [0.3, 0.4) is 0 Å². The van der Waals surface area contributed by atoms with E-state index in [2.05, 4.69) is 0 Å². The summed E-state index contributed by atoms with van der Waals surface area (Å²) < 4.78 is 25.8. The lowest BCUT2D eigenvalue weighted by Crippen LogP contribution is -2.41. The Morgan fingerprint density at radius 3 is 2.20 bits per heavy atom. The SMILES string of the molecule is COC1OC[C@@H](O)CC1O.COc1cc(C2C[C@@H](CO)Cc3cc(OC)c(OC)cc32)ccc1O. The molecular weight excluding hydrogens is 456 g/mol. The first kappa shape index (κ1) is 27.0. The number of ether oxygens (including phenoxy) is 5. The summed E-state index contributed by atoms with van der Waals surface area (Å²) in [6.07, 6.45) is 0.141. The van der Waals surface area contributed by atoms with Crippen molar-refractivity contribution >= 4 is 0 Å².